The quantitative estimate of drug-likeness (QED) is 0.669. The Morgan fingerprint density at radius 1 is 1.03 bits per heavy atom. The molecule has 0 radical (unpaired) electrons. The van der Waals surface area contributed by atoms with E-state index >= 15 is 0 Å². The van der Waals surface area contributed by atoms with E-state index < -0.39 is 0 Å². The Morgan fingerprint density at radius 3 is 2.62 bits per heavy atom. The lowest BCUT2D eigenvalue weighted by Crippen LogP contribution is -2.36. The zero-order chi connectivity index (χ0) is 19.6. The van der Waals surface area contributed by atoms with Gasteiger partial charge in [0.2, 0.25) is 0 Å². The first-order valence-electron chi connectivity index (χ1n) is 10.3. The summed E-state index contributed by atoms with van der Waals surface area (Å²) in [5.41, 5.74) is 2.71. The summed E-state index contributed by atoms with van der Waals surface area (Å²) in [6, 6.07) is 7.52. The van der Waals surface area contributed by atoms with Crippen LogP contribution < -0.4 is 10.5 Å². The van der Waals surface area contributed by atoms with E-state index in [0.717, 1.165) is 37.3 Å². The summed E-state index contributed by atoms with van der Waals surface area (Å²) in [5.74, 6) is 2.16. The smallest absolute Gasteiger partial charge is 0.253 e. The molecule has 1 aliphatic heterocycles. The molecule has 4 heterocycles. The second kappa shape index (κ2) is 7.73. The van der Waals surface area contributed by atoms with Gasteiger partial charge in [-0.05, 0) is 43.7 Å². The van der Waals surface area contributed by atoms with Crippen LogP contribution in [0.1, 0.15) is 37.3 Å². The van der Waals surface area contributed by atoms with Gasteiger partial charge in [-0.3, -0.25) is 14.3 Å². The molecule has 29 heavy (non-hydrogen) atoms. The van der Waals surface area contributed by atoms with Crippen LogP contribution in [-0.2, 0) is 6.54 Å². The van der Waals surface area contributed by atoms with Crippen LogP contribution in [0.15, 0.2) is 54.1 Å². The molecular formula is C22H24N6O. The van der Waals surface area contributed by atoms with Crippen molar-refractivity contribution in [1.29, 1.82) is 0 Å². The number of piperidine rings is 1. The Bertz CT molecular complexity index is 1040. The molecule has 0 atom stereocenters. The first kappa shape index (κ1) is 18.0. The number of nitrogens with zero attached hydrogens (tertiary/aromatic N) is 6. The fraction of sp³-hybridized carbons (Fsp3) is 0.409. The molecule has 0 amide bonds. The van der Waals surface area contributed by atoms with Crippen LogP contribution in [0.4, 0.5) is 5.82 Å². The van der Waals surface area contributed by atoms with E-state index in [1.54, 1.807) is 35.7 Å². The van der Waals surface area contributed by atoms with Gasteiger partial charge >= 0.3 is 0 Å². The lowest BCUT2D eigenvalue weighted by atomic mass is 9.96. The molecule has 7 nitrogen and oxygen atoms in total. The van der Waals surface area contributed by atoms with Gasteiger partial charge < -0.3 is 4.90 Å². The van der Waals surface area contributed by atoms with Gasteiger partial charge in [-0.2, -0.15) is 0 Å². The summed E-state index contributed by atoms with van der Waals surface area (Å²) in [5, 5.41) is 0. The first-order valence-corrected chi connectivity index (χ1v) is 10.3. The van der Waals surface area contributed by atoms with Crippen molar-refractivity contribution in [1.82, 2.24) is 24.5 Å². The maximum atomic E-state index is 12.6. The highest BCUT2D eigenvalue weighted by Crippen LogP contribution is 2.39. The number of anilines is 1. The number of rotatable bonds is 5. The summed E-state index contributed by atoms with van der Waals surface area (Å²) in [6.07, 6.45) is 11.4. The summed E-state index contributed by atoms with van der Waals surface area (Å²) < 4.78 is 1.73. The molecule has 1 saturated heterocycles. The maximum absolute atomic E-state index is 12.6. The van der Waals surface area contributed by atoms with Crippen LogP contribution in [0.3, 0.4) is 0 Å². The highest BCUT2D eigenvalue weighted by molar-refractivity contribution is 5.56. The zero-order valence-corrected chi connectivity index (χ0v) is 16.3. The third kappa shape index (κ3) is 4.04. The fourth-order valence-electron chi connectivity index (χ4n) is 3.99. The average molecular weight is 388 g/mol. The van der Waals surface area contributed by atoms with Crippen molar-refractivity contribution in [3.63, 3.8) is 0 Å². The Labute approximate surface area is 169 Å². The fourth-order valence-corrected chi connectivity index (χ4v) is 3.99. The number of hydrogen-bond donors (Lipinski definition) is 0. The van der Waals surface area contributed by atoms with Gasteiger partial charge in [0.05, 0.1) is 12.0 Å². The SMILES string of the molecule is O=c1cc(-c2cccnc2)ncn1CC1CCN(c2cc(C3CC3)ncn2)CC1. The molecule has 5 rings (SSSR count). The predicted octanol–water partition coefficient (Wildman–Crippen LogP) is 2.89. The molecule has 0 bridgehead atoms. The van der Waals surface area contributed by atoms with E-state index in [4.69, 9.17) is 0 Å². The monoisotopic (exact) mass is 388 g/mol. The first-order chi connectivity index (χ1) is 14.3. The van der Waals surface area contributed by atoms with E-state index in [1.807, 2.05) is 12.1 Å². The molecule has 7 heteroatoms. The molecule has 0 aromatic carbocycles. The van der Waals surface area contributed by atoms with E-state index in [1.165, 1.54) is 18.5 Å². The number of aromatic nitrogens is 5. The van der Waals surface area contributed by atoms with Gasteiger partial charge in [-0.15, -0.1) is 0 Å². The van der Waals surface area contributed by atoms with Crippen LogP contribution in [-0.4, -0.2) is 37.6 Å². The predicted molar refractivity (Wildman–Crippen MR) is 111 cm³/mol. The molecular weight excluding hydrogens is 364 g/mol. The van der Waals surface area contributed by atoms with Crippen molar-refractivity contribution in [2.24, 2.45) is 5.92 Å². The second-order valence-electron chi connectivity index (χ2n) is 8.01. The number of hydrogen-bond acceptors (Lipinski definition) is 6. The Hall–Kier alpha value is -3.09. The molecule has 0 N–H and O–H groups in total. The third-order valence-electron chi connectivity index (χ3n) is 5.90. The van der Waals surface area contributed by atoms with Crippen molar-refractivity contribution in [3.8, 4) is 11.3 Å². The topological polar surface area (TPSA) is 76.8 Å². The van der Waals surface area contributed by atoms with Gasteiger partial charge in [-0.25, -0.2) is 15.0 Å². The summed E-state index contributed by atoms with van der Waals surface area (Å²) in [4.78, 5) is 32.4. The number of pyridine rings is 1. The van der Waals surface area contributed by atoms with Gasteiger partial charge in [-0.1, -0.05) is 0 Å². The van der Waals surface area contributed by atoms with Gasteiger partial charge in [0.1, 0.15) is 12.1 Å². The molecule has 0 spiro atoms. The van der Waals surface area contributed by atoms with Crippen LogP contribution >= 0.6 is 0 Å². The summed E-state index contributed by atoms with van der Waals surface area (Å²) >= 11 is 0. The molecule has 1 saturated carbocycles. The largest absolute Gasteiger partial charge is 0.356 e. The molecule has 0 unspecified atom stereocenters. The highest BCUT2D eigenvalue weighted by Gasteiger charge is 2.27. The molecule has 2 fully saturated rings. The van der Waals surface area contributed by atoms with Crippen molar-refractivity contribution >= 4 is 5.82 Å². The molecule has 2 aliphatic rings. The van der Waals surface area contributed by atoms with Crippen molar-refractivity contribution < 1.29 is 0 Å². The zero-order valence-electron chi connectivity index (χ0n) is 16.3. The van der Waals surface area contributed by atoms with E-state index in [2.05, 4.69) is 30.9 Å². The Morgan fingerprint density at radius 2 is 1.90 bits per heavy atom. The Balaban J connectivity index is 1.22. The maximum Gasteiger partial charge on any atom is 0.253 e. The molecule has 3 aromatic rings. The average Bonchev–Trinajstić information content (AvgIpc) is 3.62. The molecule has 1 aliphatic carbocycles. The van der Waals surface area contributed by atoms with Crippen molar-refractivity contribution in [2.75, 3.05) is 18.0 Å². The molecule has 3 aromatic heterocycles. The second-order valence-corrected chi connectivity index (χ2v) is 8.01. The normalized spacial score (nSPS) is 17.4. The highest BCUT2D eigenvalue weighted by atomic mass is 16.1. The summed E-state index contributed by atoms with van der Waals surface area (Å²) in [7, 11) is 0. The van der Waals surface area contributed by atoms with Crippen LogP contribution in [0.5, 0.6) is 0 Å². The van der Waals surface area contributed by atoms with Crippen LogP contribution in [0.25, 0.3) is 11.3 Å². The standard InChI is InChI=1S/C22H24N6O/c29-22-11-20(18-2-1-7-23-12-18)26-15-28(22)13-16-5-8-27(9-6-16)21-10-19(17-3-4-17)24-14-25-21/h1-2,7,10-12,14-17H,3-6,8-9,13H2. The van der Waals surface area contributed by atoms with Gasteiger partial charge in [0.25, 0.3) is 5.56 Å². The minimum absolute atomic E-state index is 0.00819. The van der Waals surface area contributed by atoms with Crippen LogP contribution in [0.2, 0.25) is 0 Å². The van der Waals surface area contributed by atoms with Crippen LogP contribution in [0, 0.1) is 5.92 Å². The van der Waals surface area contributed by atoms with Gasteiger partial charge in [0, 0.05) is 61.3 Å². The third-order valence-corrected chi connectivity index (χ3v) is 5.90. The minimum Gasteiger partial charge on any atom is -0.356 e. The summed E-state index contributed by atoms with van der Waals surface area (Å²) in [6.45, 7) is 2.63. The van der Waals surface area contributed by atoms with E-state index in [9.17, 15) is 4.79 Å². The van der Waals surface area contributed by atoms with E-state index in [0.29, 0.717) is 24.1 Å². The molecule has 148 valence electrons. The van der Waals surface area contributed by atoms with Gasteiger partial charge in [0.15, 0.2) is 0 Å². The van der Waals surface area contributed by atoms with E-state index in [-0.39, 0.29) is 5.56 Å². The minimum atomic E-state index is -0.00819. The lowest BCUT2D eigenvalue weighted by Gasteiger charge is -2.33. The lowest BCUT2D eigenvalue weighted by molar-refractivity contribution is 0.350. The van der Waals surface area contributed by atoms with Crippen molar-refractivity contribution in [2.45, 2.75) is 38.1 Å². The van der Waals surface area contributed by atoms with Crippen molar-refractivity contribution in [3.05, 3.63) is 65.4 Å². The Kier molecular flexibility index (Phi) is 4.79.